The zero-order valence-electron chi connectivity index (χ0n) is 16.7. The van der Waals surface area contributed by atoms with E-state index < -0.39 is 10.0 Å². The lowest BCUT2D eigenvalue weighted by molar-refractivity contribution is 0.534. The van der Waals surface area contributed by atoms with E-state index in [0.717, 1.165) is 23.8 Å². The zero-order chi connectivity index (χ0) is 21.0. The summed E-state index contributed by atoms with van der Waals surface area (Å²) in [6.07, 6.45) is 3.84. The van der Waals surface area contributed by atoms with Crippen LogP contribution in [0.3, 0.4) is 0 Å². The second kappa shape index (κ2) is 6.70. The molecule has 0 saturated heterocycles. The summed E-state index contributed by atoms with van der Waals surface area (Å²) in [4.78, 5) is 17.2. The van der Waals surface area contributed by atoms with Gasteiger partial charge in [0.2, 0.25) is 10.0 Å². The van der Waals surface area contributed by atoms with Crippen LogP contribution in [-0.4, -0.2) is 23.7 Å². The van der Waals surface area contributed by atoms with Crippen LogP contribution in [0, 0.1) is 0 Å². The summed E-state index contributed by atoms with van der Waals surface area (Å²) in [6.45, 7) is 1.59. The predicted octanol–water partition coefficient (Wildman–Crippen LogP) is 3.99. The Hall–Kier alpha value is -3.13. The maximum atomic E-state index is 12.6. The molecule has 1 N–H and O–H groups in total. The van der Waals surface area contributed by atoms with Gasteiger partial charge in [-0.1, -0.05) is 18.2 Å². The van der Waals surface area contributed by atoms with Gasteiger partial charge in [-0.3, -0.25) is 9.52 Å². The quantitative estimate of drug-likeness (QED) is 0.524. The van der Waals surface area contributed by atoms with Gasteiger partial charge in [-0.05, 0) is 43.4 Å². The third-order valence-electron chi connectivity index (χ3n) is 5.47. The van der Waals surface area contributed by atoms with Gasteiger partial charge in [0.15, 0.2) is 11.5 Å². The van der Waals surface area contributed by atoms with Crippen molar-refractivity contribution < 1.29 is 12.8 Å². The van der Waals surface area contributed by atoms with Gasteiger partial charge in [-0.15, -0.1) is 0 Å². The normalized spacial score (nSPS) is 14.5. The van der Waals surface area contributed by atoms with Crippen LogP contribution in [0.5, 0.6) is 0 Å². The van der Waals surface area contributed by atoms with Crippen LogP contribution >= 0.6 is 0 Å². The Morgan fingerprint density at radius 2 is 1.90 bits per heavy atom. The summed E-state index contributed by atoms with van der Waals surface area (Å²) in [5, 5.41) is 1.37. The van der Waals surface area contributed by atoms with Crippen LogP contribution in [-0.2, 0) is 17.1 Å². The van der Waals surface area contributed by atoms with Gasteiger partial charge in [0.1, 0.15) is 5.52 Å². The largest absolute Gasteiger partial charge is 0.440 e. The molecular weight excluding hydrogens is 402 g/mol. The SMILES string of the molecule is CCS(=O)(=O)Nc1cc(-c2cn(C)c(=O)c3ccccc23)c2oc(C3CC3)nc2c1. The molecule has 1 fully saturated rings. The van der Waals surface area contributed by atoms with E-state index in [4.69, 9.17) is 4.42 Å². The fraction of sp³-hybridized carbons (Fsp3) is 0.273. The molecule has 1 aliphatic rings. The van der Waals surface area contributed by atoms with E-state index in [1.165, 1.54) is 4.57 Å². The molecule has 0 spiro atoms. The maximum Gasteiger partial charge on any atom is 0.258 e. The van der Waals surface area contributed by atoms with E-state index in [0.29, 0.717) is 39.5 Å². The van der Waals surface area contributed by atoms with Crippen molar-refractivity contribution in [3.05, 3.63) is 58.8 Å². The minimum absolute atomic E-state index is 0.0325. The lowest BCUT2D eigenvalue weighted by Gasteiger charge is -2.12. The molecule has 0 radical (unpaired) electrons. The molecule has 1 aliphatic carbocycles. The molecular formula is C22H21N3O4S. The number of benzene rings is 2. The minimum atomic E-state index is -3.46. The standard InChI is InChI=1S/C22H21N3O4S/c1-3-30(27,28)24-14-10-17(20-19(11-14)23-21(29-20)13-8-9-13)18-12-25(2)22(26)16-7-5-4-6-15(16)18/h4-7,10-13,24H,3,8-9H2,1-2H3. The van der Waals surface area contributed by atoms with E-state index in [2.05, 4.69) is 9.71 Å². The number of pyridine rings is 1. The first-order valence-corrected chi connectivity index (χ1v) is 11.6. The van der Waals surface area contributed by atoms with Crippen molar-refractivity contribution in [1.29, 1.82) is 0 Å². The van der Waals surface area contributed by atoms with Gasteiger partial charge in [0.25, 0.3) is 5.56 Å². The number of fused-ring (bicyclic) bond motifs is 2. The monoisotopic (exact) mass is 423 g/mol. The molecule has 4 aromatic rings. The highest BCUT2D eigenvalue weighted by Crippen LogP contribution is 2.43. The molecule has 154 valence electrons. The lowest BCUT2D eigenvalue weighted by atomic mass is 9.99. The van der Waals surface area contributed by atoms with E-state index in [1.807, 2.05) is 18.2 Å². The number of nitrogens with zero attached hydrogens (tertiary/aromatic N) is 2. The van der Waals surface area contributed by atoms with Crippen molar-refractivity contribution >= 4 is 37.6 Å². The molecule has 7 nitrogen and oxygen atoms in total. The summed E-state index contributed by atoms with van der Waals surface area (Å²) in [5.74, 6) is 0.962. The van der Waals surface area contributed by atoms with Crippen LogP contribution in [0.2, 0.25) is 0 Å². The second-order valence-electron chi connectivity index (χ2n) is 7.71. The van der Waals surface area contributed by atoms with Crippen molar-refractivity contribution in [1.82, 2.24) is 9.55 Å². The topological polar surface area (TPSA) is 94.2 Å². The molecule has 0 atom stereocenters. The van der Waals surface area contributed by atoms with Crippen molar-refractivity contribution in [2.24, 2.45) is 7.05 Å². The van der Waals surface area contributed by atoms with Gasteiger partial charge in [-0.25, -0.2) is 13.4 Å². The van der Waals surface area contributed by atoms with Gasteiger partial charge < -0.3 is 8.98 Å². The number of anilines is 1. The molecule has 0 bridgehead atoms. The average molecular weight is 423 g/mol. The van der Waals surface area contributed by atoms with Gasteiger partial charge in [0, 0.05) is 35.7 Å². The van der Waals surface area contributed by atoms with E-state index in [9.17, 15) is 13.2 Å². The third-order valence-corrected chi connectivity index (χ3v) is 6.77. The van der Waals surface area contributed by atoms with E-state index in [-0.39, 0.29) is 11.3 Å². The molecule has 2 aromatic carbocycles. The Morgan fingerprint density at radius 1 is 1.17 bits per heavy atom. The van der Waals surface area contributed by atoms with Crippen LogP contribution in [0.4, 0.5) is 5.69 Å². The number of sulfonamides is 1. The number of aryl methyl sites for hydroxylation is 1. The van der Waals surface area contributed by atoms with Crippen molar-refractivity contribution in [3.63, 3.8) is 0 Å². The number of hydrogen-bond donors (Lipinski definition) is 1. The Balaban J connectivity index is 1.82. The maximum absolute atomic E-state index is 12.6. The highest BCUT2D eigenvalue weighted by molar-refractivity contribution is 7.92. The second-order valence-corrected chi connectivity index (χ2v) is 9.72. The minimum Gasteiger partial charge on any atom is -0.440 e. The molecule has 0 amide bonds. The summed E-state index contributed by atoms with van der Waals surface area (Å²) in [7, 11) is -1.75. The molecule has 1 saturated carbocycles. The first-order valence-electron chi connectivity index (χ1n) is 9.90. The predicted molar refractivity (Wildman–Crippen MR) is 117 cm³/mol. The summed E-state index contributed by atoms with van der Waals surface area (Å²) < 4.78 is 34.7. The fourth-order valence-electron chi connectivity index (χ4n) is 3.70. The van der Waals surface area contributed by atoms with Gasteiger partial charge in [-0.2, -0.15) is 0 Å². The fourth-order valence-corrected chi connectivity index (χ4v) is 4.32. The third kappa shape index (κ3) is 3.17. The highest BCUT2D eigenvalue weighted by atomic mass is 32.2. The van der Waals surface area contributed by atoms with Crippen LogP contribution in [0.15, 0.2) is 51.8 Å². The van der Waals surface area contributed by atoms with Gasteiger partial charge >= 0.3 is 0 Å². The highest BCUT2D eigenvalue weighted by Gasteiger charge is 2.30. The Bertz CT molecular complexity index is 1460. The van der Waals surface area contributed by atoms with Gasteiger partial charge in [0.05, 0.1) is 11.4 Å². The molecule has 2 aromatic heterocycles. The Kier molecular flexibility index (Phi) is 4.21. The molecule has 30 heavy (non-hydrogen) atoms. The number of rotatable bonds is 5. The average Bonchev–Trinajstić information content (AvgIpc) is 3.49. The van der Waals surface area contributed by atoms with Crippen LogP contribution < -0.4 is 10.3 Å². The first kappa shape index (κ1) is 18.9. The zero-order valence-corrected chi connectivity index (χ0v) is 17.5. The first-order chi connectivity index (χ1) is 14.4. The molecule has 5 rings (SSSR count). The number of oxazole rings is 1. The van der Waals surface area contributed by atoms with E-state index >= 15 is 0 Å². The summed E-state index contributed by atoms with van der Waals surface area (Å²) >= 11 is 0. The molecule has 0 unspecified atom stereocenters. The van der Waals surface area contributed by atoms with Crippen LogP contribution in [0.1, 0.15) is 31.6 Å². The number of hydrogen-bond acceptors (Lipinski definition) is 5. The molecule has 2 heterocycles. The number of aromatic nitrogens is 2. The summed E-state index contributed by atoms with van der Waals surface area (Å²) in [6, 6.07) is 10.8. The summed E-state index contributed by atoms with van der Waals surface area (Å²) in [5.41, 5.74) is 3.01. The van der Waals surface area contributed by atoms with Crippen LogP contribution in [0.25, 0.3) is 33.0 Å². The lowest BCUT2D eigenvalue weighted by Crippen LogP contribution is -2.16. The van der Waals surface area contributed by atoms with E-state index in [1.54, 1.807) is 38.4 Å². The molecule has 8 heteroatoms. The van der Waals surface area contributed by atoms with Crippen molar-refractivity contribution in [2.45, 2.75) is 25.7 Å². The van der Waals surface area contributed by atoms with Crippen molar-refractivity contribution in [3.8, 4) is 11.1 Å². The smallest absolute Gasteiger partial charge is 0.258 e. The Labute approximate surface area is 173 Å². The number of nitrogens with one attached hydrogen (secondary N) is 1. The molecule has 0 aliphatic heterocycles. The van der Waals surface area contributed by atoms with Crippen molar-refractivity contribution in [2.75, 3.05) is 10.5 Å². The Morgan fingerprint density at radius 3 is 2.60 bits per heavy atom.